The molecule has 4 aliphatic rings. The van der Waals surface area contributed by atoms with Crippen LogP contribution < -0.4 is 0 Å². The fraction of sp³-hybridized carbons (Fsp3) is 0.542. The number of amides is 1. The highest BCUT2D eigenvalue weighted by molar-refractivity contribution is 5.90. The lowest BCUT2D eigenvalue weighted by atomic mass is 9.85. The van der Waals surface area contributed by atoms with E-state index in [2.05, 4.69) is 40.1 Å². The fourth-order valence-corrected chi connectivity index (χ4v) is 6.66. The van der Waals surface area contributed by atoms with Crippen LogP contribution in [0.25, 0.3) is 0 Å². The van der Waals surface area contributed by atoms with Crippen LogP contribution in [-0.4, -0.2) is 47.5 Å². The van der Waals surface area contributed by atoms with Crippen molar-refractivity contribution in [3.63, 3.8) is 0 Å². The van der Waals surface area contributed by atoms with Crippen LogP contribution in [0, 0.1) is 5.92 Å². The van der Waals surface area contributed by atoms with Gasteiger partial charge in [-0.3, -0.25) is 9.69 Å². The zero-order valence-corrected chi connectivity index (χ0v) is 17.0. The Kier molecular flexibility index (Phi) is 3.94. The highest BCUT2D eigenvalue weighted by Crippen LogP contribution is 2.56. The lowest BCUT2D eigenvalue weighted by Crippen LogP contribution is -2.51. The lowest BCUT2D eigenvalue weighted by molar-refractivity contribution is -0.138. The van der Waals surface area contributed by atoms with Crippen LogP contribution in [0.1, 0.15) is 48.0 Å². The molecule has 1 aromatic heterocycles. The van der Waals surface area contributed by atoms with Crippen LogP contribution in [0.3, 0.4) is 0 Å². The highest BCUT2D eigenvalue weighted by atomic mass is 16.5. The minimum atomic E-state index is -0.298. The summed E-state index contributed by atoms with van der Waals surface area (Å²) in [5, 5.41) is 0. The minimum absolute atomic E-state index is 0.222. The van der Waals surface area contributed by atoms with Gasteiger partial charge in [-0.15, -0.1) is 0 Å². The minimum Gasteiger partial charge on any atom is -0.462 e. The molecule has 0 radical (unpaired) electrons. The van der Waals surface area contributed by atoms with Gasteiger partial charge in [0.2, 0.25) is 5.91 Å². The van der Waals surface area contributed by atoms with Crippen molar-refractivity contribution >= 4 is 5.91 Å². The zero-order chi connectivity index (χ0) is 19.6. The molecule has 3 fully saturated rings. The Bertz CT molecular complexity index is 928. The van der Waals surface area contributed by atoms with Crippen molar-refractivity contribution in [2.75, 3.05) is 20.2 Å². The maximum atomic E-state index is 13.8. The summed E-state index contributed by atoms with van der Waals surface area (Å²) in [5.41, 5.74) is 2.54. The third kappa shape index (κ3) is 2.44. The molecule has 0 bridgehead atoms. The Balaban J connectivity index is 1.26. The standard InChI is InChI=1S/C24H28N2O3/c1-28-15-20-7-8-22(29-20)21-13-18-14-25(23(27)24(18)9-4-10-26(21)24)19-11-16-5-2-3-6-17(16)12-19/h2-3,5-8,18-19,21H,4,9-15H2,1H3/t18-,21-,24-/m0/s1. The van der Waals surface area contributed by atoms with Crippen LogP contribution in [0.4, 0.5) is 0 Å². The number of benzene rings is 1. The SMILES string of the molecule is COCc1ccc([C@@H]2C[C@H]3CN(C4Cc5ccccc5C4)C(=O)[C@]34CCCN24)o1. The van der Waals surface area contributed by atoms with E-state index < -0.39 is 0 Å². The second-order valence-corrected chi connectivity index (χ2v) is 9.20. The van der Waals surface area contributed by atoms with Crippen LogP contribution in [0.15, 0.2) is 40.8 Å². The van der Waals surface area contributed by atoms with Crippen molar-refractivity contribution in [2.45, 2.75) is 56.3 Å². The van der Waals surface area contributed by atoms with E-state index in [9.17, 15) is 4.79 Å². The average Bonchev–Trinajstić information content (AvgIpc) is 3.50. The first-order chi connectivity index (χ1) is 14.2. The Labute approximate surface area is 171 Å². The maximum Gasteiger partial charge on any atom is 0.243 e. The molecule has 1 spiro atoms. The van der Waals surface area contributed by atoms with E-state index in [1.165, 1.54) is 11.1 Å². The van der Waals surface area contributed by atoms with Gasteiger partial charge in [0.25, 0.3) is 0 Å². The molecule has 1 aromatic carbocycles. The highest BCUT2D eigenvalue weighted by Gasteiger charge is 2.66. The summed E-state index contributed by atoms with van der Waals surface area (Å²) >= 11 is 0. The van der Waals surface area contributed by atoms with E-state index in [0.29, 0.717) is 24.5 Å². The number of nitrogens with zero attached hydrogens (tertiary/aromatic N) is 2. The van der Waals surface area contributed by atoms with Gasteiger partial charge < -0.3 is 14.1 Å². The molecule has 3 saturated heterocycles. The molecule has 29 heavy (non-hydrogen) atoms. The molecule has 0 saturated carbocycles. The second kappa shape index (κ2) is 6.44. The Morgan fingerprint density at radius 3 is 2.72 bits per heavy atom. The maximum absolute atomic E-state index is 13.8. The number of fused-ring (bicyclic) bond motifs is 1. The molecule has 6 rings (SSSR count). The monoisotopic (exact) mass is 392 g/mol. The van der Waals surface area contributed by atoms with Crippen molar-refractivity contribution < 1.29 is 13.9 Å². The molecule has 2 aromatic rings. The fourth-order valence-electron chi connectivity index (χ4n) is 6.66. The van der Waals surface area contributed by atoms with Crippen LogP contribution >= 0.6 is 0 Å². The Morgan fingerprint density at radius 1 is 1.17 bits per heavy atom. The van der Waals surface area contributed by atoms with E-state index >= 15 is 0 Å². The molecule has 0 unspecified atom stereocenters. The van der Waals surface area contributed by atoms with E-state index in [0.717, 1.165) is 56.7 Å². The number of carbonyl (C=O) groups is 1. The molecular weight excluding hydrogens is 364 g/mol. The number of furan rings is 1. The quantitative estimate of drug-likeness (QED) is 0.801. The van der Waals surface area contributed by atoms with Gasteiger partial charge in [-0.2, -0.15) is 0 Å². The number of ether oxygens (including phenoxy) is 1. The summed E-state index contributed by atoms with van der Waals surface area (Å²) in [5.74, 6) is 2.65. The molecule has 5 heteroatoms. The first-order valence-corrected chi connectivity index (χ1v) is 10.9. The molecular formula is C24H28N2O3. The van der Waals surface area contributed by atoms with Crippen LogP contribution in [-0.2, 0) is 29.0 Å². The third-order valence-corrected chi connectivity index (χ3v) is 7.84. The van der Waals surface area contributed by atoms with Gasteiger partial charge in [-0.25, -0.2) is 0 Å². The number of hydrogen-bond donors (Lipinski definition) is 0. The van der Waals surface area contributed by atoms with Crippen molar-refractivity contribution in [2.24, 2.45) is 5.92 Å². The molecule has 4 heterocycles. The average molecular weight is 392 g/mol. The van der Waals surface area contributed by atoms with E-state index in [-0.39, 0.29) is 11.6 Å². The van der Waals surface area contributed by atoms with E-state index in [1.54, 1.807) is 7.11 Å². The number of carbonyl (C=O) groups excluding carboxylic acids is 1. The number of rotatable bonds is 4. The van der Waals surface area contributed by atoms with Crippen LogP contribution in [0.5, 0.6) is 0 Å². The summed E-state index contributed by atoms with van der Waals surface area (Å²) in [6.45, 7) is 2.39. The topological polar surface area (TPSA) is 45.9 Å². The molecule has 5 nitrogen and oxygen atoms in total. The number of hydrogen-bond acceptors (Lipinski definition) is 4. The summed E-state index contributed by atoms with van der Waals surface area (Å²) < 4.78 is 11.3. The zero-order valence-electron chi connectivity index (χ0n) is 17.0. The molecule has 1 amide bonds. The van der Waals surface area contributed by atoms with E-state index in [1.807, 2.05) is 6.07 Å². The van der Waals surface area contributed by atoms with Gasteiger partial charge >= 0.3 is 0 Å². The molecule has 3 atom stereocenters. The number of likely N-dealkylation sites (tertiary alicyclic amines) is 1. The van der Waals surface area contributed by atoms with Gasteiger partial charge in [0.15, 0.2) is 0 Å². The Hall–Kier alpha value is -2.11. The van der Waals surface area contributed by atoms with Crippen LogP contribution in [0.2, 0.25) is 0 Å². The largest absolute Gasteiger partial charge is 0.462 e. The van der Waals surface area contributed by atoms with Gasteiger partial charge in [0.1, 0.15) is 23.7 Å². The lowest BCUT2D eigenvalue weighted by Gasteiger charge is -2.34. The Morgan fingerprint density at radius 2 is 1.97 bits per heavy atom. The normalized spacial score (nSPS) is 31.5. The molecule has 1 aliphatic carbocycles. The summed E-state index contributed by atoms with van der Waals surface area (Å²) in [4.78, 5) is 18.6. The van der Waals surface area contributed by atoms with Crippen molar-refractivity contribution in [1.29, 1.82) is 0 Å². The predicted octanol–water partition coefficient (Wildman–Crippen LogP) is 3.33. The summed E-state index contributed by atoms with van der Waals surface area (Å²) in [6, 6.07) is 13.3. The third-order valence-electron chi connectivity index (χ3n) is 7.84. The molecule has 0 N–H and O–H groups in total. The van der Waals surface area contributed by atoms with Gasteiger partial charge in [0.05, 0.1) is 6.04 Å². The predicted molar refractivity (Wildman–Crippen MR) is 108 cm³/mol. The number of methoxy groups -OCH3 is 1. The van der Waals surface area contributed by atoms with E-state index in [4.69, 9.17) is 9.15 Å². The second-order valence-electron chi connectivity index (χ2n) is 9.20. The van der Waals surface area contributed by atoms with Gasteiger partial charge in [-0.05, 0) is 55.4 Å². The van der Waals surface area contributed by atoms with Crippen molar-refractivity contribution in [1.82, 2.24) is 9.80 Å². The summed E-state index contributed by atoms with van der Waals surface area (Å²) in [7, 11) is 1.69. The first kappa shape index (κ1) is 17.7. The molecule has 3 aliphatic heterocycles. The smallest absolute Gasteiger partial charge is 0.243 e. The van der Waals surface area contributed by atoms with Gasteiger partial charge in [0, 0.05) is 32.2 Å². The van der Waals surface area contributed by atoms with Gasteiger partial charge in [-0.1, -0.05) is 24.3 Å². The van der Waals surface area contributed by atoms with Crippen molar-refractivity contribution in [3.8, 4) is 0 Å². The van der Waals surface area contributed by atoms with Crippen molar-refractivity contribution in [3.05, 3.63) is 59.0 Å². The molecule has 152 valence electrons. The summed E-state index contributed by atoms with van der Waals surface area (Å²) in [6.07, 6.45) is 5.12. The first-order valence-electron chi connectivity index (χ1n) is 10.9.